The minimum absolute atomic E-state index is 0.757. The molecule has 1 aromatic carbocycles. The van der Waals surface area contributed by atoms with Gasteiger partial charge >= 0.3 is 0 Å². The maximum Gasteiger partial charge on any atom is 0.133 e. The number of hydrogen-bond acceptors (Lipinski definition) is 2. The third kappa shape index (κ3) is 3.96. The maximum atomic E-state index is 5.29. The molecule has 0 radical (unpaired) electrons. The van der Waals surface area contributed by atoms with Gasteiger partial charge in [-0.15, -0.1) is 0 Å². The zero-order valence-corrected chi connectivity index (χ0v) is 13.5. The van der Waals surface area contributed by atoms with E-state index in [1.807, 2.05) is 0 Å². The molecule has 1 aliphatic carbocycles. The fourth-order valence-electron chi connectivity index (χ4n) is 3.24. The van der Waals surface area contributed by atoms with Gasteiger partial charge in [-0.25, -0.2) is 0 Å². The van der Waals surface area contributed by atoms with E-state index in [0.29, 0.717) is 0 Å². The molecule has 2 nitrogen and oxygen atoms in total. The first-order valence-electron chi connectivity index (χ1n) is 7.21. The fraction of sp³-hybridized carbons (Fsp3) is 0.625. The lowest BCUT2D eigenvalue weighted by Gasteiger charge is -2.23. The van der Waals surface area contributed by atoms with E-state index in [9.17, 15) is 0 Å². The van der Waals surface area contributed by atoms with Crippen LogP contribution in [0, 0.1) is 11.8 Å². The predicted octanol–water partition coefficient (Wildman–Crippen LogP) is 4.03. The van der Waals surface area contributed by atoms with Crippen molar-refractivity contribution >= 4 is 15.9 Å². The van der Waals surface area contributed by atoms with Crippen LogP contribution in [0.25, 0.3) is 0 Å². The molecule has 0 amide bonds. The molecule has 1 aliphatic rings. The van der Waals surface area contributed by atoms with Crippen LogP contribution < -0.4 is 10.1 Å². The zero-order chi connectivity index (χ0) is 13.7. The lowest BCUT2D eigenvalue weighted by molar-refractivity contribution is 0.328. The highest BCUT2D eigenvalue weighted by Crippen LogP contribution is 2.34. The molecule has 0 bridgehead atoms. The van der Waals surface area contributed by atoms with Gasteiger partial charge < -0.3 is 10.1 Å². The molecule has 2 rings (SSSR count). The SMILES string of the molecule is CNCC(Cc1ccc(OC)c(Br)c1)C1CCCC1. The Labute approximate surface area is 125 Å². The quantitative estimate of drug-likeness (QED) is 0.852. The van der Waals surface area contributed by atoms with Crippen molar-refractivity contribution in [2.45, 2.75) is 32.1 Å². The number of nitrogens with one attached hydrogen (secondary N) is 1. The van der Waals surface area contributed by atoms with Crippen LogP contribution in [0.4, 0.5) is 0 Å². The van der Waals surface area contributed by atoms with Gasteiger partial charge in [0.25, 0.3) is 0 Å². The second-order valence-electron chi connectivity index (χ2n) is 5.54. The Morgan fingerprint density at radius 3 is 2.68 bits per heavy atom. The first kappa shape index (κ1) is 14.9. The topological polar surface area (TPSA) is 21.3 Å². The van der Waals surface area contributed by atoms with Crippen LogP contribution in [0.5, 0.6) is 5.75 Å². The summed E-state index contributed by atoms with van der Waals surface area (Å²) in [5.41, 5.74) is 1.40. The van der Waals surface area contributed by atoms with E-state index < -0.39 is 0 Å². The molecule has 3 heteroatoms. The number of benzene rings is 1. The highest BCUT2D eigenvalue weighted by atomic mass is 79.9. The van der Waals surface area contributed by atoms with E-state index >= 15 is 0 Å². The molecule has 1 saturated carbocycles. The molecule has 1 unspecified atom stereocenters. The highest BCUT2D eigenvalue weighted by molar-refractivity contribution is 9.10. The summed E-state index contributed by atoms with van der Waals surface area (Å²) < 4.78 is 6.35. The van der Waals surface area contributed by atoms with Crippen molar-refractivity contribution in [2.24, 2.45) is 11.8 Å². The van der Waals surface area contributed by atoms with E-state index in [2.05, 4.69) is 46.5 Å². The molecular weight excluding hydrogens is 302 g/mol. The van der Waals surface area contributed by atoms with Gasteiger partial charge in [-0.2, -0.15) is 0 Å². The first-order valence-corrected chi connectivity index (χ1v) is 8.01. The first-order chi connectivity index (χ1) is 9.24. The van der Waals surface area contributed by atoms with Crippen LogP contribution in [0.1, 0.15) is 31.2 Å². The molecule has 19 heavy (non-hydrogen) atoms. The second-order valence-corrected chi connectivity index (χ2v) is 6.39. The van der Waals surface area contributed by atoms with Crippen LogP contribution in [0.2, 0.25) is 0 Å². The largest absolute Gasteiger partial charge is 0.496 e. The molecule has 0 aromatic heterocycles. The van der Waals surface area contributed by atoms with Gasteiger partial charge in [-0.1, -0.05) is 31.7 Å². The van der Waals surface area contributed by atoms with Crippen LogP contribution in [0.3, 0.4) is 0 Å². The van der Waals surface area contributed by atoms with Gasteiger partial charge in [0.05, 0.1) is 11.6 Å². The standard InChI is InChI=1S/C16H24BrNO/c1-18-11-14(13-5-3-4-6-13)9-12-7-8-16(19-2)15(17)10-12/h7-8,10,13-14,18H,3-6,9,11H2,1-2H3. The summed E-state index contributed by atoms with van der Waals surface area (Å²) in [4.78, 5) is 0. The van der Waals surface area contributed by atoms with Crippen molar-refractivity contribution in [3.05, 3.63) is 28.2 Å². The monoisotopic (exact) mass is 325 g/mol. The number of halogens is 1. The van der Waals surface area contributed by atoms with Crippen LogP contribution in [0.15, 0.2) is 22.7 Å². The average Bonchev–Trinajstić information content (AvgIpc) is 2.92. The summed E-state index contributed by atoms with van der Waals surface area (Å²) in [6, 6.07) is 6.46. The number of ether oxygens (including phenoxy) is 1. The Bertz CT molecular complexity index is 402. The third-order valence-corrected chi connectivity index (χ3v) is 4.87. The lowest BCUT2D eigenvalue weighted by Crippen LogP contribution is -2.26. The molecule has 1 fully saturated rings. The third-order valence-electron chi connectivity index (χ3n) is 4.25. The van der Waals surface area contributed by atoms with Crippen molar-refractivity contribution in [3.8, 4) is 5.75 Å². The molecule has 1 atom stereocenters. The van der Waals surface area contributed by atoms with Crippen LogP contribution in [-0.2, 0) is 6.42 Å². The van der Waals surface area contributed by atoms with E-state index in [1.54, 1.807) is 7.11 Å². The number of rotatable bonds is 6. The number of methoxy groups -OCH3 is 1. The average molecular weight is 326 g/mol. The molecule has 0 heterocycles. The van der Waals surface area contributed by atoms with Crippen LogP contribution in [-0.4, -0.2) is 20.7 Å². The summed E-state index contributed by atoms with van der Waals surface area (Å²) in [6.45, 7) is 1.12. The summed E-state index contributed by atoms with van der Waals surface area (Å²) in [7, 11) is 3.77. The maximum absolute atomic E-state index is 5.29. The molecule has 0 spiro atoms. The van der Waals surface area contributed by atoms with E-state index in [0.717, 1.165) is 35.0 Å². The molecule has 0 aliphatic heterocycles. The van der Waals surface area contributed by atoms with Gasteiger partial charge in [0.15, 0.2) is 0 Å². The van der Waals surface area contributed by atoms with Crippen molar-refractivity contribution in [3.63, 3.8) is 0 Å². The van der Waals surface area contributed by atoms with Crippen LogP contribution >= 0.6 is 15.9 Å². The fourth-order valence-corrected chi connectivity index (χ4v) is 3.82. The Balaban J connectivity index is 2.05. The van der Waals surface area contributed by atoms with Crippen molar-refractivity contribution in [1.29, 1.82) is 0 Å². The molecule has 0 saturated heterocycles. The minimum Gasteiger partial charge on any atom is -0.496 e. The summed E-state index contributed by atoms with van der Waals surface area (Å²) in [5.74, 6) is 2.57. The van der Waals surface area contributed by atoms with Gasteiger partial charge in [-0.05, 0) is 65.5 Å². The van der Waals surface area contributed by atoms with Crippen molar-refractivity contribution in [1.82, 2.24) is 5.32 Å². The summed E-state index contributed by atoms with van der Waals surface area (Å²) in [5, 5.41) is 3.37. The van der Waals surface area contributed by atoms with Crippen molar-refractivity contribution < 1.29 is 4.74 Å². The van der Waals surface area contributed by atoms with Gasteiger partial charge in [0.2, 0.25) is 0 Å². The van der Waals surface area contributed by atoms with Gasteiger partial charge in [-0.3, -0.25) is 0 Å². The highest BCUT2D eigenvalue weighted by Gasteiger charge is 2.24. The molecular formula is C16H24BrNO. The minimum atomic E-state index is 0.757. The molecule has 1 N–H and O–H groups in total. The zero-order valence-electron chi connectivity index (χ0n) is 11.9. The van der Waals surface area contributed by atoms with E-state index in [1.165, 1.54) is 31.2 Å². The van der Waals surface area contributed by atoms with E-state index in [4.69, 9.17) is 4.74 Å². The van der Waals surface area contributed by atoms with Crippen molar-refractivity contribution in [2.75, 3.05) is 20.7 Å². The second kappa shape index (κ2) is 7.30. The Morgan fingerprint density at radius 1 is 1.37 bits per heavy atom. The smallest absolute Gasteiger partial charge is 0.133 e. The number of hydrogen-bond donors (Lipinski definition) is 1. The van der Waals surface area contributed by atoms with Gasteiger partial charge in [0.1, 0.15) is 5.75 Å². The van der Waals surface area contributed by atoms with E-state index in [-0.39, 0.29) is 0 Å². The lowest BCUT2D eigenvalue weighted by atomic mass is 9.85. The molecule has 1 aromatic rings. The Hall–Kier alpha value is -0.540. The normalized spacial score (nSPS) is 17.6. The Morgan fingerprint density at radius 2 is 2.11 bits per heavy atom. The summed E-state index contributed by atoms with van der Waals surface area (Å²) >= 11 is 3.58. The van der Waals surface area contributed by atoms with Gasteiger partial charge in [0, 0.05) is 0 Å². The Kier molecular flexibility index (Phi) is 5.71. The molecule has 106 valence electrons. The predicted molar refractivity (Wildman–Crippen MR) is 83.8 cm³/mol. The summed E-state index contributed by atoms with van der Waals surface area (Å²) in [6.07, 6.45) is 6.80.